The van der Waals surface area contributed by atoms with Gasteiger partial charge in [-0.25, -0.2) is 0 Å². The fraction of sp³-hybridized carbons (Fsp3) is 0.133. The molecular formula is C15H12Cl2N2S. The summed E-state index contributed by atoms with van der Waals surface area (Å²) >= 11 is 14.0. The smallest absolute Gasteiger partial charge is 0.0809 e. The molecule has 0 spiro atoms. The van der Waals surface area contributed by atoms with E-state index < -0.39 is 0 Å². The van der Waals surface area contributed by atoms with E-state index in [1.54, 1.807) is 11.3 Å². The minimum Gasteiger partial charge on any atom is -0.376 e. The lowest BCUT2D eigenvalue weighted by Gasteiger charge is -2.17. The molecule has 0 amide bonds. The number of anilines is 1. The van der Waals surface area contributed by atoms with Crippen LogP contribution >= 0.6 is 34.5 Å². The second-order valence-corrected chi connectivity index (χ2v) is 6.30. The molecule has 0 bridgehead atoms. The number of aromatic nitrogens is 1. The number of benzene rings is 1. The Morgan fingerprint density at radius 1 is 1.20 bits per heavy atom. The minimum absolute atomic E-state index is 0.0754. The van der Waals surface area contributed by atoms with Crippen LogP contribution in [0, 0.1) is 0 Å². The van der Waals surface area contributed by atoms with Crippen molar-refractivity contribution in [2.45, 2.75) is 13.0 Å². The fourth-order valence-corrected chi connectivity index (χ4v) is 3.33. The van der Waals surface area contributed by atoms with Gasteiger partial charge in [0.25, 0.3) is 0 Å². The number of halogens is 2. The second-order valence-electron chi connectivity index (χ2n) is 4.54. The van der Waals surface area contributed by atoms with Crippen molar-refractivity contribution in [1.82, 2.24) is 4.98 Å². The molecule has 20 heavy (non-hydrogen) atoms. The van der Waals surface area contributed by atoms with Gasteiger partial charge in [-0.3, -0.25) is 4.98 Å². The van der Waals surface area contributed by atoms with E-state index in [4.69, 9.17) is 23.2 Å². The van der Waals surface area contributed by atoms with E-state index >= 15 is 0 Å². The number of nitrogens with zero attached hydrogens (tertiary/aromatic N) is 1. The third-order valence-corrected chi connectivity index (χ3v) is 4.63. The van der Waals surface area contributed by atoms with Gasteiger partial charge in [0.1, 0.15) is 0 Å². The molecular weight excluding hydrogens is 311 g/mol. The Bertz CT molecular complexity index is 734. The van der Waals surface area contributed by atoms with Crippen molar-refractivity contribution in [3.8, 4) is 0 Å². The Kier molecular flexibility index (Phi) is 3.83. The molecule has 2 nitrogen and oxygen atoms in total. The molecule has 1 unspecified atom stereocenters. The molecule has 1 N–H and O–H groups in total. The van der Waals surface area contributed by atoms with Crippen molar-refractivity contribution in [3.05, 3.63) is 57.5 Å². The molecule has 3 aromatic rings. The highest BCUT2D eigenvalue weighted by Crippen LogP contribution is 2.33. The molecule has 0 fully saturated rings. The first kappa shape index (κ1) is 13.7. The third kappa shape index (κ3) is 2.62. The zero-order valence-corrected chi connectivity index (χ0v) is 13.1. The van der Waals surface area contributed by atoms with Crippen LogP contribution in [0.1, 0.15) is 18.5 Å². The molecule has 5 heteroatoms. The predicted molar refractivity (Wildman–Crippen MR) is 88.1 cm³/mol. The molecule has 0 aliphatic carbocycles. The number of hydrogen-bond donors (Lipinski definition) is 1. The lowest BCUT2D eigenvalue weighted by molar-refractivity contribution is 0.880. The normalized spacial score (nSPS) is 12.6. The topological polar surface area (TPSA) is 24.9 Å². The Morgan fingerprint density at radius 2 is 1.95 bits per heavy atom. The fourth-order valence-electron chi connectivity index (χ4n) is 2.03. The minimum atomic E-state index is 0.0754. The van der Waals surface area contributed by atoms with Crippen molar-refractivity contribution in [1.29, 1.82) is 0 Å². The summed E-state index contributed by atoms with van der Waals surface area (Å²) in [5.74, 6) is 0. The van der Waals surface area contributed by atoms with E-state index in [1.807, 2.05) is 35.8 Å². The summed E-state index contributed by atoms with van der Waals surface area (Å²) in [6.45, 7) is 2.07. The lowest BCUT2D eigenvalue weighted by atomic mass is 10.1. The predicted octanol–water partition coefficient (Wildman–Crippen LogP) is 5.78. The zero-order valence-electron chi connectivity index (χ0n) is 10.7. The summed E-state index contributed by atoms with van der Waals surface area (Å²) in [6, 6.07) is 9.72. The number of pyridine rings is 1. The van der Waals surface area contributed by atoms with E-state index in [0.717, 1.165) is 16.8 Å². The number of hydrogen-bond acceptors (Lipinski definition) is 3. The Morgan fingerprint density at radius 3 is 2.70 bits per heavy atom. The first-order valence-corrected chi connectivity index (χ1v) is 7.82. The van der Waals surface area contributed by atoms with Crippen LogP contribution in [-0.4, -0.2) is 4.98 Å². The molecule has 1 atom stereocenters. The van der Waals surface area contributed by atoms with Crippen LogP contribution in [0.15, 0.2) is 41.9 Å². The monoisotopic (exact) mass is 322 g/mol. The summed E-state index contributed by atoms with van der Waals surface area (Å²) in [5.41, 5.74) is 2.90. The van der Waals surface area contributed by atoms with Gasteiger partial charge in [-0.15, -0.1) is 11.3 Å². The third-order valence-electron chi connectivity index (χ3n) is 3.15. The molecule has 102 valence electrons. The standard InChI is InChI=1S/C15H12Cl2N2S/c1-9(19-15-11(16)3-2-4-12(15)17)10-7-14-13(18-8-10)5-6-20-14/h2-9,19H,1H3. The molecule has 0 aliphatic rings. The van der Waals surface area contributed by atoms with Crippen LogP contribution in [0.25, 0.3) is 10.2 Å². The van der Waals surface area contributed by atoms with Gasteiger partial charge in [-0.05, 0) is 42.1 Å². The summed E-state index contributed by atoms with van der Waals surface area (Å²) in [5, 5.41) is 6.64. The van der Waals surface area contributed by atoms with Crippen LogP contribution < -0.4 is 5.32 Å². The highest BCUT2D eigenvalue weighted by atomic mass is 35.5. The van der Waals surface area contributed by atoms with Crippen molar-refractivity contribution >= 4 is 50.4 Å². The van der Waals surface area contributed by atoms with E-state index in [9.17, 15) is 0 Å². The molecule has 0 aliphatic heterocycles. The van der Waals surface area contributed by atoms with Gasteiger partial charge < -0.3 is 5.32 Å². The number of rotatable bonds is 3. The largest absolute Gasteiger partial charge is 0.376 e. The Hall–Kier alpha value is -1.29. The van der Waals surface area contributed by atoms with Crippen molar-refractivity contribution in [2.75, 3.05) is 5.32 Å². The Labute approximate surface area is 131 Å². The van der Waals surface area contributed by atoms with E-state index in [0.29, 0.717) is 10.0 Å². The molecule has 2 heterocycles. The van der Waals surface area contributed by atoms with Crippen LogP contribution in [0.2, 0.25) is 10.0 Å². The molecule has 0 saturated carbocycles. The summed E-state index contributed by atoms with van der Waals surface area (Å²) < 4.78 is 1.18. The SMILES string of the molecule is CC(Nc1c(Cl)cccc1Cl)c1cnc2ccsc2c1. The molecule has 0 radical (unpaired) electrons. The summed E-state index contributed by atoms with van der Waals surface area (Å²) in [7, 11) is 0. The van der Waals surface area contributed by atoms with Gasteiger partial charge in [0.2, 0.25) is 0 Å². The molecule has 0 saturated heterocycles. The van der Waals surface area contributed by atoms with Gasteiger partial charge in [0, 0.05) is 6.20 Å². The van der Waals surface area contributed by atoms with E-state index in [1.165, 1.54) is 4.70 Å². The van der Waals surface area contributed by atoms with Crippen LogP contribution in [-0.2, 0) is 0 Å². The maximum absolute atomic E-state index is 6.18. The number of para-hydroxylation sites is 1. The highest BCUT2D eigenvalue weighted by molar-refractivity contribution is 7.17. The summed E-state index contributed by atoms with van der Waals surface area (Å²) in [6.07, 6.45) is 1.89. The average Bonchev–Trinajstić information content (AvgIpc) is 2.90. The van der Waals surface area contributed by atoms with Gasteiger partial charge >= 0.3 is 0 Å². The quantitative estimate of drug-likeness (QED) is 0.661. The Balaban J connectivity index is 1.90. The molecule has 1 aromatic carbocycles. The number of thiophene rings is 1. The average molecular weight is 323 g/mol. The van der Waals surface area contributed by atoms with Crippen LogP contribution in [0.3, 0.4) is 0 Å². The number of fused-ring (bicyclic) bond motifs is 1. The van der Waals surface area contributed by atoms with E-state index in [-0.39, 0.29) is 6.04 Å². The first-order valence-electron chi connectivity index (χ1n) is 6.19. The van der Waals surface area contributed by atoms with Gasteiger partial charge in [0.15, 0.2) is 0 Å². The van der Waals surface area contributed by atoms with Crippen molar-refractivity contribution < 1.29 is 0 Å². The maximum atomic E-state index is 6.18. The second kappa shape index (κ2) is 5.60. The van der Waals surface area contributed by atoms with Crippen LogP contribution in [0.5, 0.6) is 0 Å². The highest BCUT2D eigenvalue weighted by Gasteiger charge is 2.11. The number of nitrogens with one attached hydrogen (secondary N) is 1. The zero-order chi connectivity index (χ0) is 14.1. The van der Waals surface area contributed by atoms with Gasteiger partial charge in [-0.1, -0.05) is 29.3 Å². The van der Waals surface area contributed by atoms with Gasteiger partial charge in [0.05, 0.1) is 32.0 Å². The first-order chi connectivity index (χ1) is 9.65. The van der Waals surface area contributed by atoms with Gasteiger partial charge in [-0.2, -0.15) is 0 Å². The lowest BCUT2D eigenvalue weighted by Crippen LogP contribution is -2.07. The van der Waals surface area contributed by atoms with Crippen molar-refractivity contribution in [3.63, 3.8) is 0 Å². The summed E-state index contributed by atoms with van der Waals surface area (Å²) in [4.78, 5) is 4.45. The maximum Gasteiger partial charge on any atom is 0.0809 e. The van der Waals surface area contributed by atoms with E-state index in [2.05, 4.69) is 23.3 Å². The van der Waals surface area contributed by atoms with Crippen LogP contribution in [0.4, 0.5) is 5.69 Å². The molecule has 2 aromatic heterocycles. The van der Waals surface area contributed by atoms with Crippen molar-refractivity contribution in [2.24, 2.45) is 0 Å². The molecule has 3 rings (SSSR count).